The molecule has 5 heteroatoms. The molecule has 2 aliphatic rings. The van der Waals surface area contributed by atoms with Crippen molar-refractivity contribution in [3.63, 3.8) is 0 Å². The Morgan fingerprint density at radius 1 is 1.17 bits per heavy atom. The van der Waals surface area contributed by atoms with E-state index >= 15 is 0 Å². The first-order chi connectivity index (χ1) is 11.3. The molecule has 0 bridgehead atoms. The van der Waals surface area contributed by atoms with E-state index in [1.165, 1.54) is 5.56 Å². The van der Waals surface area contributed by atoms with E-state index in [0.717, 1.165) is 19.6 Å². The average Bonchev–Trinajstić information content (AvgIpc) is 2.89. The molecule has 0 radical (unpaired) electrons. The van der Waals surface area contributed by atoms with E-state index in [1.54, 1.807) is 4.90 Å². The van der Waals surface area contributed by atoms with Gasteiger partial charge in [0.15, 0.2) is 5.78 Å². The molecule has 1 aromatic rings. The monoisotopic (exact) mass is 330 g/mol. The van der Waals surface area contributed by atoms with Crippen molar-refractivity contribution in [3.8, 4) is 0 Å². The van der Waals surface area contributed by atoms with Crippen LogP contribution in [0, 0.1) is 11.8 Å². The maximum Gasteiger partial charge on any atom is 0.410 e. The van der Waals surface area contributed by atoms with Crippen molar-refractivity contribution in [1.29, 1.82) is 0 Å². The smallest absolute Gasteiger partial charge is 0.410 e. The second-order valence-corrected chi connectivity index (χ2v) is 7.87. The Labute approximate surface area is 143 Å². The summed E-state index contributed by atoms with van der Waals surface area (Å²) in [6, 6.07) is 10.3. The van der Waals surface area contributed by atoms with Gasteiger partial charge in [-0.15, -0.1) is 0 Å². The highest BCUT2D eigenvalue weighted by Gasteiger charge is 2.43. The molecule has 0 aliphatic carbocycles. The highest BCUT2D eigenvalue weighted by molar-refractivity contribution is 5.88. The zero-order valence-corrected chi connectivity index (χ0v) is 14.7. The predicted molar refractivity (Wildman–Crippen MR) is 91.5 cm³/mol. The third kappa shape index (κ3) is 3.96. The fourth-order valence-corrected chi connectivity index (χ4v) is 3.60. The summed E-state index contributed by atoms with van der Waals surface area (Å²) in [5.41, 5.74) is 0.721. The predicted octanol–water partition coefficient (Wildman–Crippen LogP) is 2.55. The maximum atomic E-state index is 12.5. The third-order valence-electron chi connectivity index (χ3n) is 4.63. The third-order valence-corrected chi connectivity index (χ3v) is 4.63. The molecule has 1 amide bonds. The topological polar surface area (TPSA) is 49.9 Å². The molecule has 2 heterocycles. The second-order valence-electron chi connectivity index (χ2n) is 7.87. The largest absolute Gasteiger partial charge is 0.444 e. The summed E-state index contributed by atoms with van der Waals surface area (Å²) in [5, 5.41) is 0. The Morgan fingerprint density at radius 2 is 1.88 bits per heavy atom. The zero-order chi connectivity index (χ0) is 17.3. The lowest BCUT2D eigenvalue weighted by molar-refractivity contribution is -0.127. The van der Waals surface area contributed by atoms with Gasteiger partial charge in [0.2, 0.25) is 0 Å². The van der Waals surface area contributed by atoms with E-state index in [1.807, 2.05) is 39.0 Å². The SMILES string of the molecule is CC(C)(C)OC(=O)N1CC(=O)[C@@H]2CN(Cc3ccccc3)C[C@@H]2C1. The van der Waals surface area contributed by atoms with Gasteiger partial charge in [-0.25, -0.2) is 4.79 Å². The van der Waals surface area contributed by atoms with Crippen molar-refractivity contribution in [3.05, 3.63) is 35.9 Å². The van der Waals surface area contributed by atoms with E-state index in [4.69, 9.17) is 4.74 Å². The van der Waals surface area contributed by atoms with E-state index in [2.05, 4.69) is 17.0 Å². The molecule has 0 spiro atoms. The standard InChI is InChI=1S/C19H26N2O3/c1-19(2,3)24-18(23)21-11-15-10-20(12-16(15)17(22)13-21)9-14-7-5-4-6-8-14/h4-8,15-16H,9-13H2,1-3H3/t15-,16-/m1/s1. The van der Waals surface area contributed by atoms with Crippen LogP contribution in [0.2, 0.25) is 0 Å². The first-order valence-corrected chi connectivity index (χ1v) is 8.59. The highest BCUT2D eigenvalue weighted by atomic mass is 16.6. The fourth-order valence-electron chi connectivity index (χ4n) is 3.60. The molecule has 2 fully saturated rings. The van der Waals surface area contributed by atoms with Crippen LogP contribution in [0.1, 0.15) is 26.3 Å². The molecule has 130 valence electrons. The van der Waals surface area contributed by atoms with Crippen molar-refractivity contribution >= 4 is 11.9 Å². The lowest BCUT2D eigenvalue weighted by Gasteiger charge is -2.34. The number of ketones is 1. The number of fused-ring (bicyclic) bond motifs is 1. The van der Waals surface area contributed by atoms with Gasteiger partial charge in [-0.1, -0.05) is 30.3 Å². The summed E-state index contributed by atoms with van der Waals surface area (Å²) in [6.07, 6.45) is -0.379. The number of hydrogen-bond acceptors (Lipinski definition) is 4. The first kappa shape index (κ1) is 17.0. The number of ether oxygens (including phenoxy) is 1. The molecule has 0 aromatic heterocycles. The lowest BCUT2D eigenvalue weighted by atomic mass is 9.88. The number of nitrogens with zero attached hydrogens (tertiary/aromatic N) is 2. The van der Waals surface area contributed by atoms with Crippen LogP contribution in [-0.4, -0.2) is 53.5 Å². The maximum absolute atomic E-state index is 12.5. The molecule has 2 saturated heterocycles. The number of likely N-dealkylation sites (tertiary alicyclic amines) is 2. The summed E-state index contributed by atoms with van der Waals surface area (Å²) in [4.78, 5) is 28.6. The fraction of sp³-hybridized carbons (Fsp3) is 0.579. The van der Waals surface area contributed by atoms with Crippen molar-refractivity contribution in [2.75, 3.05) is 26.2 Å². The number of rotatable bonds is 2. The number of benzene rings is 1. The molecule has 3 rings (SSSR count). The van der Waals surface area contributed by atoms with Gasteiger partial charge >= 0.3 is 6.09 Å². The summed E-state index contributed by atoms with van der Waals surface area (Å²) >= 11 is 0. The average molecular weight is 330 g/mol. The van der Waals surface area contributed by atoms with Gasteiger partial charge in [0.1, 0.15) is 5.60 Å². The number of amides is 1. The molecule has 0 unspecified atom stereocenters. The normalized spacial score (nSPS) is 24.8. The number of carbonyl (C=O) groups is 2. The molecule has 2 atom stereocenters. The van der Waals surface area contributed by atoms with Crippen LogP contribution in [0.15, 0.2) is 30.3 Å². The van der Waals surface area contributed by atoms with Gasteiger partial charge in [-0.2, -0.15) is 0 Å². The van der Waals surface area contributed by atoms with E-state index in [-0.39, 0.29) is 30.3 Å². The van der Waals surface area contributed by atoms with Crippen molar-refractivity contribution in [2.24, 2.45) is 11.8 Å². The Kier molecular flexibility index (Phi) is 4.63. The minimum atomic E-state index is -0.536. The van der Waals surface area contributed by atoms with Gasteiger partial charge in [0.25, 0.3) is 0 Å². The second kappa shape index (κ2) is 6.55. The molecule has 24 heavy (non-hydrogen) atoms. The molecular weight excluding hydrogens is 304 g/mol. The van der Waals surface area contributed by atoms with E-state index in [9.17, 15) is 9.59 Å². The summed E-state index contributed by atoms with van der Waals surface area (Å²) < 4.78 is 5.42. The lowest BCUT2D eigenvalue weighted by Crippen LogP contribution is -2.50. The molecular formula is C19H26N2O3. The van der Waals surface area contributed by atoms with Crippen LogP contribution in [0.4, 0.5) is 4.79 Å². The Bertz CT molecular complexity index is 609. The quantitative estimate of drug-likeness (QED) is 0.836. The van der Waals surface area contributed by atoms with Crippen molar-refractivity contribution in [2.45, 2.75) is 32.9 Å². The minimum absolute atomic E-state index is 0.0485. The molecule has 5 nitrogen and oxygen atoms in total. The summed E-state index contributed by atoms with van der Waals surface area (Å²) in [7, 11) is 0. The number of hydrogen-bond donors (Lipinski definition) is 0. The van der Waals surface area contributed by atoms with Crippen molar-refractivity contribution < 1.29 is 14.3 Å². The van der Waals surface area contributed by atoms with Gasteiger partial charge in [0.05, 0.1) is 6.54 Å². The van der Waals surface area contributed by atoms with Crippen LogP contribution in [0.25, 0.3) is 0 Å². The highest BCUT2D eigenvalue weighted by Crippen LogP contribution is 2.30. The van der Waals surface area contributed by atoms with Crippen molar-refractivity contribution in [1.82, 2.24) is 9.80 Å². The molecule has 0 saturated carbocycles. The number of Topliss-reactive ketones (excluding diaryl/α,β-unsaturated/α-hetero) is 1. The molecule has 1 aromatic carbocycles. The van der Waals surface area contributed by atoms with Gasteiger partial charge in [0, 0.05) is 38.0 Å². The van der Waals surface area contributed by atoms with Crippen LogP contribution < -0.4 is 0 Å². The zero-order valence-electron chi connectivity index (χ0n) is 14.7. The van der Waals surface area contributed by atoms with Gasteiger partial charge < -0.3 is 9.64 Å². The van der Waals surface area contributed by atoms with Crippen LogP contribution in [0.3, 0.4) is 0 Å². The van der Waals surface area contributed by atoms with E-state index < -0.39 is 5.60 Å². The summed E-state index contributed by atoms with van der Waals surface area (Å²) in [5.74, 6) is 0.419. The van der Waals surface area contributed by atoms with Gasteiger partial charge in [-0.3, -0.25) is 9.69 Å². The Balaban J connectivity index is 1.62. The number of piperidine rings is 1. The Hall–Kier alpha value is -1.88. The van der Waals surface area contributed by atoms with Gasteiger partial charge in [-0.05, 0) is 26.3 Å². The minimum Gasteiger partial charge on any atom is -0.444 e. The first-order valence-electron chi connectivity index (χ1n) is 8.59. The van der Waals surface area contributed by atoms with Crippen LogP contribution in [-0.2, 0) is 16.1 Å². The van der Waals surface area contributed by atoms with Crippen LogP contribution >= 0.6 is 0 Å². The Morgan fingerprint density at radius 3 is 2.54 bits per heavy atom. The molecule has 2 aliphatic heterocycles. The molecule has 0 N–H and O–H groups in total. The number of carbonyl (C=O) groups excluding carboxylic acids is 2. The van der Waals surface area contributed by atoms with E-state index in [0.29, 0.717) is 6.54 Å². The van der Waals surface area contributed by atoms with Crippen LogP contribution in [0.5, 0.6) is 0 Å². The summed E-state index contributed by atoms with van der Waals surface area (Å²) in [6.45, 7) is 8.81.